The molecule has 1 aliphatic heterocycles. The summed E-state index contributed by atoms with van der Waals surface area (Å²) in [6.07, 6.45) is 1.11. The van der Waals surface area contributed by atoms with Gasteiger partial charge < -0.3 is 20.9 Å². The van der Waals surface area contributed by atoms with Gasteiger partial charge in [-0.15, -0.1) is 0 Å². The lowest BCUT2D eigenvalue weighted by Gasteiger charge is -2.13. The van der Waals surface area contributed by atoms with Crippen molar-refractivity contribution in [2.24, 2.45) is 5.73 Å². The maximum atomic E-state index is 12.5. The van der Waals surface area contributed by atoms with Gasteiger partial charge in [-0.05, 0) is 24.6 Å². The first-order valence-corrected chi connectivity index (χ1v) is 8.32. The third-order valence-corrected chi connectivity index (χ3v) is 4.20. The number of nitrogens with two attached hydrogens (primary N) is 1. The van der Waals surface area contributed by atoms with E-state index in [-0.39, 0.29) is 11.3 Å². The molecule has 1 aliphatic rings. The van der Waals surface area contributed by atoms with E-state index in [2.05, 4.69) is 10.3 Å². The third kappa shape index (κ3) is 4.05. The van der Waals surface area contributed by atoms with Crippen molar-refractivity contribution in [2.75, 3.05) is 6.61 Å². The van der Waals surface area contributed by atoms with Crippen LogP contribution in [0.4, 0.5) is 0 Å². The minimum Gasteiger partial charge on any atom is -0.484 e. The van der Waals surface area contributed by atoms with Crippen LogP contribution in [0.25, 0.3) is 10.9 Å². The lowest BCUT2D eigenvalue weighted by Crippen LogP contribution is -2.45. The lowest BCUT2D eigenvalue weighted by atomic mass is 10.2. The minimum absolute atomic E-state index is 0.158. The number of carbonyl (C=O) groups excluding carboxylic acids is 2. The molecular weight excluding hydrogens is 356 g/mol. The Kier molecular flexibility index (Phi) is 5.06. The van der Waals surface area contributed by atoms with Crippen molar-refractivity contribution in [3.05, 3.63) is 34.4 Å². The van der Waals surface area contributed by atoms with E-state index in [1.165, 1.54) is 6.07 Å². The van der Waals surface area contributed by atoms with Crippen LogP contribution in [-0.4, -0.2) is 45.1 Å². The predicted octanol–water partition coefficient (Wildman–Crippen LogP) is -0.834. The van der Waals surface area contributed by atoms with E-state index in [0.717, 1.165) is 18.7 Å². The minimum atomic E-state index is -1.42. The van der Waals surface area contributed by atoms with E-state index in [1.807, 2.05) is 0 Å². The van der Waals surface area contributed by atoms with Gasteiger partial charge in [-0.1, -0.05) is 0 Å². The van der Waals surface area contributed by atoms with Crippen LogP contribution >= 0.6 is 0 Å². The molecule has 0 bridgehead atoms. The largest absolute Gasteiger partial charge is 0.484 e. The topological polar surface area (TPSA) is 154 Å². The predicted molar refractivity (Wildman–Crippen MR) is 93.2 cm³/mol. The Morgan fingerprint density at radius 3 is 2.85 bits per heavy atom. The second-order valence-corrected chi connectivity index (χ2v) is 6.18. The van der Waals surface area contributed by atoms with E-state index >= 15 is 0 Å². The van der Waals surface area contributed by atoms with Crippen molar-refractivity contribution >= 4 is 28.7 Å². The Labute approximate surface area is 152 Å². The fraction of sp³-hybridized carbons (Fsp3) is 0.353. The first-order valence-electron chi connectivity index (χ1n) is 8.32. The molecule has 0 aliphatic carbocycles. The summed E-state index contributed by atoms with van der Waals surface area (Å²) in [5.74, 6) is -1.92. The van der Waals surface area contributed by atoms with E-state index in [4.69, 9.17) is 15.6 Å². The first-order chi connectivity index (χ1) is 12.8. The van der Waals surface area contributed by atoms with E-state index in [0.29, 0.717) is 17.4 Å². The maximum absolute atomic E-state index is 12.5. The summed E-state index contributed by atoms with van der Waals surface area (Å²) in [7, 11) is 0. The number of aliphatic carboxylic acids is 1. The number of rotatable bonds is 7. The van der Waals surface area contributed by atoms with Gasteiger partial charge in [0.05, 0.1) is 17.3 Å². The average molecular weight is 374 g/mol. The van der Waals surface area contributed by atoms with Crippen molar-refractivity contribution in [1.82, 2.24) is 14.9 Å². The van der Waals surface area contributed by atoms with Crippen molar-refractivity contribution in [3.8, 4) is 5.75 Å². The molecule has 1 atom stereocenters. The van der Waals surface area contributed by atoms with E-state index < -0.39 is 36.9 Å². The Hall–Kier alpha value is -3.43. The number of aryl methyl sites for hydroxylation is 1. The number of fused-ring (bicyclic) bond motifs is 2. The molecule has 2 heterocycles. The molecule has 0 saturated heterocycles. The standard InChI is InChI=1S/C17H18N4O6/c18-13(22)7-12(17(25)26)20-15(23)8-27-9-3-4-11-10(6-9)16(24)21-5-1-2-14(21)19-11/h3-4,6,12H,1-2,5,7-8H2,(H2,18,22)(H,20,23)(H,25,26)/t12-/m0/s1. The molecule has 0 radical (unpaired) electrons. The number of nitrogens with zero attached hydrogens (tertiary/aromatic N) is 2. The zero-order valence-electron chi connectivity index (χ0n) is 14.3. The Morgan fingerprint density at radius 1 is 1.37 bits per heavy atom. The summed E-state index contributed by atoms with van der Waals surface area (Å²) in [6, 6.07) is 3.29. The van der Waals surface area contributed by atoms with Crippen LogP contribution in [0.2, 0.25) is 0 Å². The average Bonchev–Trinajstić information content (AvgIpc) is 3.08. The first kappa shape index (κ1) is 18.4. The molecule has 27 heavy (non-hydrogen) atoms. The van der Waals surface area contributed by atoms with Crippen molar-refractivity contribution < 1.29 is 24.2 Å². The van der Waals surface area contributed by atoms with Gasteiger partial charge in [0, 0.05) is 13.0 Å². The molecule has 0 unspecified atom stereocenters. The van der Waals surface area contributed by atoms with Gasteiger partial charge >= 0.3 is 5.97 Å². The summed E-state index contributed by atoms with van der Waals surface area (Å²) >= 11 is 0. The molecule has 4 N–H and O–H groups in total. The van der Waals surface area contributed by atoms with Gasteiger partial charge in [-0.2, -0.15) is 0 Å². The summed E-state index contributed by atoms with van der Waals surface area (Å²) in [4.78, 5) is 50.7. The number of primary amides is 1. The zero-order chi connectivity index (χ0) is 19.6. The molecule has 10 nitrogen and oxygen atoms in total. The fourth-order valence-electron chi connectivity index (χ4n) is 2.94. The Morgan fingerprint density at radius 2 is 2.15 bits per heavy atom. The molecule has 0 fully saturated rings. The van der Waals surface area contributed by atoms with Crippen LogP contribution in [0.5, 0.6) is 5.75 Å². The fourth-order valence-corrected chi connectivity index (χ4v) is 2.94. The van der Waals surface area contributed by atoms with Crippen LogP contribution in [0.3, 0.4) is 0 Å². The van der Waals surface area contributed by atoms with Gasteiger partial charge in [0.25, 0.3) is 11.5 Å². The molecule has 10 heteroatoms. The number of hydrogen-bond donors (Lipinski definition) is 3. The molecule has 2 aromatic rings. The number of ether oxygens (including phenoxy) is 1. The number of amides is 2. The number of benzene rings is 1. The molecule has 3 rings (SSSR count). The normalized spacial score (nSPS) is 13.8. The molecule has 0 saturated carbocycles. The van der Waals surface area contributed by atoms with Crippen LogP contribution in [0, 0.1) is 0 Å². The number of aromatic nitrogens is 2. The number of hydrogen-bond acceptors (Lipinski definition) is 6. The van der Waals surface area contributed by atoms with Crippen molar-refractivity contribution in [2.45, 2.75) is 31.8 Å². The summed E-state index contributed by atoms with van der Waals surface area (Å²) in [5, 5.41) is 11.5. The second kappa shape index (κ2) is 7.44. The van der Waals surface area contributed by atoms with Gasteiger partial charge in [-0.25, -0.2) is 9.78 Å². The third-order valence-electron chi connectivity index (χ3n) is 4.20. The van der Waals surface area contributed by atoms with Crippen molar-refractivity contribution in [1.29, 1.82) is 0 Å². The molecule has 1 aromatic heterocycles. The van der Waals surface area contributed by atoms with Crippen molar-refractivity contribution in [3.63, 3.8) is 0 Å². The van der Waals surface area contributed by atoms with Crippen LogP contribution < -0.4 is 21.3 Å². The number of carbonyl (C=O) groups is 3. The molecular formula is C17H18N4O6. The maximum Gasteiger partial charge on any atom is 0.326 e. The monoisotopic (exact) mass is 374 g/mol. The highest BCUT2D eigenvalue weighted by Crippen LogP contribution is 2.19. The number of carboxylic acids is 1. The van der Waals surface area contributed by atoms with Crippen LogP contribution in [0.1, 0.15) is 18.7 Å². The van der Waals surface area contributed by atoms with E-state index in [1.54, 1.807) is 16.7 Å². The zero-order valence-corrected chi connectivity index (χ0v) is 14.3. The molecule has 0 spiro atoms. The number of carboxylic acid groups (broad SMARTS) is 1. The number of nitrogens with one attached hydrogen (secondary N) is 1. The van der Waals surface area contributed by atoms with E-state index in [9.17, 15) is 19.2 Å². The Balaban J connectivity index is 1.70. The smallest absolute Gasteiger partial charge is 0.326 e. The van der Waals surface area contributed by atoms with Gasteiger partial charge in [-0.3, -0.25) is 19.0 Å². The van der Waals surface area contributed by atoms with Crippen LogP contribution in [-0.2, 0) is 27.3 Å². The second-order valence-electron chi connectivity index (χ2n) is 6.18. The molecule has 1 aromatic carbocycles. The summed E-state index contributed by atoms with van der Waals surface area (Å²) in [5.41, 5.74) is 5.35. The highest BCUT2D eigenvalue weighted by atomic mass is 16.5. The quantitative estimate of drug-likeness (QED) is 0.571. The summed E-state index contributed by atoms with van der Waals surface area (Å²) < 4.78 is 6.96. The highest BCUT2D eigenvalue weighted by molar-refractivity contribution is 5.88. The lowest BCUT2D eigenvalue weighted by molar-refractivity contribution is -0.143. The Bertz CT molecular complexity index is 983. The van der Waals surface area contributed by atoms with Gasteiger partial charge in [0.1, 0.15) is 17.6 Å². The van der Waals surface area contributed by atoms with Gasteiger partial charge in [0.15, 0.2) is 6.61 Å². The van der Waals surface area contributed by atoms with Gasteiger partial charge in [0.2, 0.25) is 5.91 Å². The SMILES string of the molecule is NC(=O)C[C@H](NC(=O)COc1ccc2nc3n(c(=O)c2c1)CCC3)C(=O)O. The van der Waals surface area contributed by atoms with Crippen LogP contribution in [0.15, 0.2) is 23.0 Å². The molecule has 2 amide bonds. The highest BCUT2D eigenvalue weighted by Gasteiger charge is 2.22. The molecule has 142 valence electrons. The summed E-state index contributed by atoms with van der Waals surface area (Å²) in [6.45, 7) is 0.148.